The van der Waals surface area contributed by atoms with Gasteiger partial charge < -0.3 is 0 Å². The summed E-state index contributed by atoms with van der Waals surface area (Å²) in [6, 6.07) is 0. The quantitative estimate of drug-likeness (QED) is 0.525. The number of rotatable bonds is 3. The van der Waals surface area contributed by atoms with Crippen molar-refractivity contribution in [3.05, 3.63) is 0 Å². The van der Waals surface area contributed by atoms with Crippen LogP contribution in [-0.2, 0) is 0 Å². The standard InChI is InChI=1S/C17H32.C2H6/c1-14-9-11-16(12-10-14)17(2,3)13-15-7-5-4-6-8-15;1-2/h14-16H,4-13H2,1-3H3;1-2H3. The smallest absolute Gasteiger partial charge is 0.0323 e. The first-order valence-electron chi connectivity index (χ1n) is 9.08. The van der Waals surface area contributed by atoms with Crippen LogP contribution in [0.15, 0.2) is 0 Å². The zero-order chi connectivity index (χ0) is 14.3. The second-order valence-electron chi connectivity index (χ2n) is 7.65. The van der Waals surface area contributed by atoms with Crippen molar-refractivity contribution in [2.45, 2.75) is 98.8 Å². The Morgan fingerprint density at radius 1 is 0.789 bits per heavy atom. The van der Waals surface area contributed by atoms with Crippen molar-refractivity contribution in [3.8, 4) is 0 Å². The Kier molecular flexibility index (Phi) is 7.47. The van der Waals surface area contributed by atoms with E-state index in [2.05, 4.69) is 20.8 Å². The maximum absolute atomic E-state index is 2.56. The monoisotopic (exact) mass is 266 g/mol. The topological polar surface area (TPSA) is 0 Å². The molecule has 0 nitrogen and oxygen atoms in total. The summed E-state index contributed by atoms with van der Waals surface area (Å²) < 4.78 is 0. The Hall–Kier alpha value is 0. The van der Waals surface area contributed by atoms with Gasteiger partial charge in [-0.3, -0.25) is 0 Å². The highest BCUT2D eigenvalue weighted by Gasteiger charge is 2.34. The van der Waals surface area contributed by atoms with Gasteiger partial charge in [0.05, 0.1) is 0 Å². The highest BCUT2D eigenvalue weighted by molar-refractivity contribution is 4.85. The highest BCUT2D eigenvalue weighted by Crippen LogP contribution is 2.45. The predicted molar refractivity (Wildman–Crippen MR) is 87.4 cm³/mol. The molecular weight excluding hydrogens is 228 g/mol. The molecule has 0 aromatic heterocycles. The van der Waals surface area contributed by atoms with Gasteiger partial charge in [-0.25, -0.2) is 0 Å². The Morgan fingerprint density at radius 3 is 1.84 bits per heavy atom. The van der Waals surface area contributed by atoms with Gasteiger partial charge in [0.1, 0.15) is 0 Å². The second-order valence-corrected chi connectivity index (χ2v) is 7.65. The van der Waals surface area contributed by atoms with Gasteiger partial charge in [0.25, 0.3) is 0 Å². The van der Waals surface area contributed by atoms with Crippen LogP contribution >= 0.6 is 0 Å². The lowest BCUT2D eigenvalue weighted by molar-refractivity contribution is 0.0970. The summed E-state index contributed by atoms with van der Waals surface area (Å²) in [5, 5.41) is 0. The third-order valence-corrected chi connectivity index (χ3v) is 5.66. The van der Waals surface area contributed by atoms with Crippen LogP contribution < -0.4 is 0 Å². The van der Waals surface area contributed by atoms with Crippen LogP contribution in [0.4, 0.5) is 0 Å². The van der Waals surface area contributed by atoms with E-state index in [1.807, 2.05) is 13.8 Å². The molecule has 0 saturated heterocycles. The van der Waals surface area contributed by atoms with Gasteiger partial charge in [0, 0.05) is 0 Å². The molecule has 2 fully saturated rings. The van der Waals surface area contributed by atoms with E-state index in [1.165, 1.54) is 64.2 Å². The lowest BCUT2D eigenvalue weighted by Crippen LogP contribution is -2.30. The summed E-state index contributed by atoms with van der Waals surface area (Å²) in [5.74, 6) is 3.07. The molecule has 0 aromatic carbocycles. The SMILES string of the molecule is CC.CC1CCC(C(C)(C)CC2CCCCC2)CC1. The first-order chi connectivity index (χ1) is 9.08. The molecular formula is C19H38. The zero-order valence-electron chi connectivity index (χ0n) is 14.3. The summed E-state index contributed by atoms with van der Waals surface area (Å²) in [4.78, 5) is 0. The van der Waals surface area contributed by atoms with Gasteiger partial charge in [-0.2, -0.15) is 0 Å². The van der Waals surface area contributed by atoms with E-state index < -0.39 is 0 Å². The second kappa shape index (κ2) is 8.32. The van der Waals surface area contributed by atoms with E-state index >= 15 is 0 Å². The average Bonchev–Trinajstić information content (AvgIpc) is 2.42. The Bertz CT molecular complexity index is 214. The molecule has 0 spiro atoms. The molecule has 2 aliphatic carbocycles. The van der Waals surface area contributed by atoms with Crippen molar-refractivity contribution in [1.29, 1.82) is 0 Å². The third-order valence-electron chi connectivity index (χ3n) is 5.66. The van der Waals surface area contributed by atoms with Crippen molar-refractivity contribution in [3.63, 3.8) is 0 Å². The van der Waals surface area contributed by atoms with Crippen molar-refractivity contribution < 1.29 is 0 Å². The average molecular weight is 267 g/mol. The summed E-state index contributed by atoms with van der Waals surface area (Å²) >= 11 is 0. The van der Waals surface area contributed by atoms with Crippen LogP contribution in [0.5, 0.6) is 0 Å². The molecule has 0 bridgehead atoms. The van der Waals surface area contributed by atoms with Crippen molar-refractivity contribution in [2.24, 2.45) is 23.2 Å². The number of hydrogen-bond donors (Lipinski definition) is 0. The molecule has 0 aliphatic heterocycles. The molecule has 0 unspecified atom stereocenters. The van der Waals surface area contributed by atoms with Crippen molar-refractivity contribution in [2.75, 3.05) is 0 Å². The van der Waals surface area contributed by atoms with E-state index in [4.69, 9.17) is 0 Å². The van der Waals surface area contributed by atoms with Crippen molar-refractivity contribution in [1.82, 2.24) is 0 Å². The van der Waals surface area contributed by atoms with Crippen LogP contribution in [0.1, 0.15) is 98.8 Å². The summed E-state index contributed by atoms with van der Waals surface area (Å²) in [7, 11) is 0. The van der Waals surface area contributed by atoms with Gasteiger partial charge >= 0.3 is 0 Å². The third kappa shape index (κ3) is 5.48. The van der Waals surface area contributed by atoms with Gasteiger partial charge in [0.2, 0.25) is 0 Å². The minimum absolute atomic E-state index is 0.613. The van der Waals surface area contributed by atoms with E-state index in [1.54, 1.807) is 0 Å². The van der Waals surface area contributed by atoms with Gasteiger partial charge in [-0.1, -0.05) is 79.6 Å². The van der Waals surface area contributed by atoms with Crippen LogP contribution in [0.2, 0.25) is 0 Å². The fourth-order valence-electron chi connectivity index (χ4n) is 4.34. The zero-order valence-corrected chi connectivity index (χ0v) is 14.3. The normalized spacial score (nSPS) is 29.5. The summed E-state index contributed by atoms with van der Waals surface area (Å²) in [6.07, 6.45) is 15.0. The van der Waals surface area contributed by atoms with Crippen LogP contribution in [0.3, 0.4) is 0 Å². The van der Waals surface area contributed by atoms with Crippen LogP contribution in [0, 0.1) is 23.2 Å². The highest BCUT2D eigenvalue weighted by atomic mass is 14.4. The molecule has 0 heterocycles. The molecule has 0 amide bonds. The van der Waals surface area contributed by atoms with Gasteiger partial charge in [0.15, 0.2) is 0 Å². The van der Waals surface area contributed by atoms with E-state index in [0.717, 1.165) is 17.8 Å². The molecule has 19 heavy (non-hydrogen) atoms. The molecule has 0 heteroatoms. The maximum atomic E-state index is 2.56. The van der Waals surface area contributed by atoms with Crippen LogP contribution in [-0.4, -0.2) is 0 Å². The minimum Gasteiger partial charge on any atom is -0.0683 e. The first kappa shape index (κ1) is 17.1. The van der Waals surface area contributed by atoms with Crippen LogP contribution in [0.25, 0.3) is 0 Å². The summed E-state index contributed by atoms with van der Waals surface area (Å²) in [6.45, 7) is 11.6. The molecule has 0 aromatic rings. The Labute approximate surface area is 122 Å². The fraction of sp³-hybridized carbons (Fsp3) is 1.00. The number of hydrogen-bond acceptors (Lipinski definition) is 0. The molecule has 114 valence electrons. The Morgan fingerprint density at radius 2 is 1.32 bits per heavy atom. The molecule has 2 saturated carbocycles. The fourth-order valence-corrected chi connectivity index (χ4v) is 4.34. The summed E-state index contributed by atoms with van der Waals surface area (Å²) in [5.41, 5.74) is 0.613. The predicted octanol–water partition coefficient (Wildman–Crippen LogP) is 6.84. The first-order valence-corrected chi connectivity index (χ1v) is 9.08. The molecule has 2 rings (SSSR count). The van der Waals surface area contributed by atoms with Gasteiger partial charge in [-0.05, 0) is 42.4 Å². The van der Waals surface area contributed by atoms with E-state index in [-0.39, 0.29) is 0 Å². The molecule has 0 radical (unpaired) electrons. The lowest BCUT2D eigenvalue weighted by Gasteiger charge is -2.41. The largest absolute Gasteiger partial charge is 0.0683 e. The minimum atomic E-state index is 0.613. The van der Waals surface area contributed by atoms with Gasteiger partial charge in [-0.15, -0.1) is 0 Å². The van der Waals surface area contributed by atoms with E-state index in [0.29, 0.717) is 5.41 Å². The maximum Gasteiger partial charge on any atom is -0.0323 e. The van der Waals surface area contributed by atoms with Crippen molar-refractivity contribution >= 4 is 0 Å². The molecule has 0 atom stereocenters. The lowest BCUT2D eigenvalue weighted by atomic mass is 9.64. The Balaban J connectivity index is 0.000000861. The van der Waals surface area contributed by atoms with E-state index in [9.17, 15) is 0 Å². The molecule has 0 N–H and O–H groups in total. The molecule has 2 aliphatic rings.